The van der Waals surface area contributed by atoms with Gasteiger partial charge in [0, 0.05) is 23.8 Å². The zero-order valence-corrected chi connectivity index (χ0v) is 14.9. The predicted octanol–water partition coefficient (Wildman–Crippen LogP) is 4.38. The quantitative estimate of drug-likeness (QED) is 0.822. The first-order chi connectivity index (χ1) is 12.5. The first kappa shape index (κ1) is 16.6. The highest BCUT2D eigenvalue weighted by atomic mass is 19.1. The smallest absolute Gasteiger partial charge is 0.271 e. The lowest BCUT2D eigenvalue weighted by atomic mass is 9.93. The van der Waals surface area contributed by atoms with Gasteiger partial charge in [-0.05, 0) is 55.5 Å². The Balaban J connectivity index is 1.57. The number of fused-ring (bicyclic) bond motifs is 1. The van der Waals surface area contributed by atoms with Gasteiger partial charge in [-0.25, -0.2) is 9.07 Å². The van der Waals surface area contributed by atoms with E-state index in [1.54, 1.807) is 24.4 Å². The highest BCUT2D eigenvalue weighted by Crippen LogP contribution is 2.30. The molecule has 0 bridgehead atoms. The van der Waals surface area contributed by atoms with Crippen LogP contribution in [-0.2, 0) is 6.42 Å². The molecule has 5 heteroatoms. The van der Waals surface area contributed by atoms with Gasteiger partial charge >= 0.3 is 0 Å². The summed E-state index contributed by atoms with van der Waals surface area (Å²) in [5.41, 5.74) is 7.49. The van der Waals surface area contributed by atoms with Crippen molar-refractivity contribution in [3.63, 3.8) is 0 Å². The number of benzene rings is 1. The number of halogens is 1. The van der Waals surface area contributed by atoms with Gasteiger partial charge < -0.3 is 0 Å². The zero-order valence-electron chi connectivity index (χ0n) is 14.9. The molecule has 0 amide bonds. The third-order valence-corrected chi connectivity index (χ3v) is 5.16. The average molecular weight is 349 g/mol. The maximum atomic E-state index is 13.2. The summed E-state index contributed by atoms with van der Waals surface area (Å²) in [6, 6.07) is 6.31. The molecule has 4 rings (SSSR count). The van der Waals surface area contributed by atoms with Gasteiger partial charge in [0.05, 0.1) is 18.4 Å². The summed E-state index contributed by atoms with van der Waals surface area (Å²) in [6.07, 6.45) is 5.81. The van der Waals surface area contributed by atoms with Gasteiger partial charge in [0.25, 0.3) is 5.91 Å². The number of aromatic nitrogens is 2. The van der Waals surface area contributed by atoms with Gasteiger partial charge in [-0.3, -0.25) is 9.79 Å². The fraction of sp³-hybridized carbons (Fsp3) is 0.286. The second-order valence-corrected chi connectivity index (χ2v) is 6.90. The van der Waals surface area contributed by atoms with E-state index < -0.39 is 0 Å². The maximum Gasteiger partial charge on any atom is 0.271 e. The number of carbonyl (C=O) groups excluding carboxylic acids is 1. The molecular formula is C21H20FN3O. The Hall–Kier alpha value is -2.82. The molecule has 0 fully saturated rings. The summed E-state index contributed by atoms with van der Waals surface area (Å²) in [5.74, 6) is -0.388. The highest BCUT2D eigenvalue weighted by Gasteiger charge is 2.23. The lowest BCUT2D eigenvalue weighted by Gasteiger charge is -2.16. The summed E-state index contributed by atoms with van der Waals surface area (Å²) in [6.45, 7) is 4.96. The average Bonchev–Trinajstić information content (AvgIpc) is 3.18. The molecule has 26 heavy (non-hydrogen) atoms. The van der Waals surface area contributed by atoms with Crippen LogP contribution in [0.25, 0.3) is 11.1 Å². The fourth-order valence-corrected chi connectivity index (χ4v) is 3.68. The minimum Gasteiger partial charge on any atom is -0.285 e. The van der Waals surface area contributed by atoms with E-state index in [1.807, 2.05) is 6.92 Å². The predicted molar refractivity (Wildman–Crippen MR) is 99.9 cm³/mol. The van der Waals surface area contributed by atoms with Gasteiger partial charge in [-0.2, -0.15) is 5.10 Å². The van der Waals surface area contributed by atoms with Crippen LogP contribution in [0.3, 0.4) is 0 Å². The molecule has 0 atom stereocenters. The van der Waals surface area contributed by atoms with E-state index in [-0.39, 0.29) is 11.7 Å². The molecule has 4 nitrogen and oxygen atoms in total. The Morgan fingerprint density at radius 1 is 1.15 bits per heavy atom. The molecule has 132 valence electrons. The van der Waals surface area contributed by atoms with Crippen molar-refractivity contribution in [2.45, 2.75) is 33.1 Å². The number of hydrogen-bond acceptors (Lipinski definition) is 3. The van der Waals surface area contributed by atoms with E-state index in [4.69, 9.17) is 0 Å². The molecule has 0 unspecified atom stereocenters. The Bertz CT molecular complexity index is 977. The molecule has 0 saturated carbocycles. The third kappa shape index (κ3) is 2.94. The van der Waals surface area contributed by atoms with Crippen LogP contribution in [0.2, 0.25) is 0 Å². The standard InChI is InChI=1S/C21H20FN3O/c1-13-11-23-14(2)18(13)8-3-15-9-20-19(12-24-25(20)21(26)10-15)16-4-6-17(22)7-5-16/h4-7,10,12H,3,8-9,11H2,1-2H3. The Morgan fingerprint density at radius 3 is 2.62 bits per heavy atom. The summed E-state index contributed by atoms with van der Waals surface area (Å²) in [5, 5.41) is 4.23. The van der Waals surface area contributed by atoms with Gasteiger partial charge in [0.2, 0.25) is 0 Å². The van der Waals surface area contributed by atoms with Crippen molar-refractivity contribution in [3.05, 3.63) is 64.8 Å². The van der Waals surface area contributed by atoms with Crippen molar-refractivity contribution >= 4 is 11.6 Å². The molecule has 1 aromatic carbocycles. The van der Waals surface area contributed by atoms with Crippen LogP contribution in [0, 0.1) is 5.82 Å². The monoisotopic (exact) mass is 349 g/mol. The Morgan fingerprint density at radius 2 is 1.92 bits per heavy atom. The summed E-state index contributed by atoms with van der Waals surface area (Å²) in [4.78, 5) is 16.9. The molecule has 0 spiro atoms. The van der Waals surface area contributed by atoms with E-state index >= 15 is 0 Å². The molecule has 0 aliphatic carbocycles. The molecule has 0 radical (unpaired) electrons. The number of carbonyl (C=O) groups is 1. The second kappa shape index (κ2) is 6.48. The van der Waals surface area contributed by atoms with Crippen LogP contribution in [-0.4, -0.2) is 27.9 Å². The van der Waals surface area contributed by atoms with Gasteiger partial charge in [0.1, 0.15) is 5.82 Å². The maximum absolute atomic E-state index is 13.2. The van der Waals surface area contributed by atoms with E-state index in [1.165, 1.54) is 28.0 Å². The van der Waals surface area contributed by atoms with Crippen LogP contribution in [0.5, 0.6) is 0 Å². The van der Waals surface area contributed by atoms with Gasteiger partial charge in [-0.1, -0.05) is 17.7 Å². The van der Waals surface area contributed by atoms with E-state index in [9.17, 15) is 9.18 Å². The number of hydrogen-bond donors (Lipinski definition) is 0. The van der Waals surface area contributed by atoms with Crippen LogP contribution >= 0.6 is 0 Å². The summed E-state index contributed by atoms with van der Waals surface area (Å²) in [7, 11) is 0. The van der Waals surface area contributed by atoms with Crippen LogP contribution in [0.15, 0.2) is 58.3 Å². The molecular weight excluding hydrogens is 329 g/mol. The number of aliphatic imine (C=N–C) groups is 1. The second-order valence-electron chi connectivity index (χ2n) is 6.90. The first-order valence-corrected chi connectivity index (χ1v) is 8.79. The minimum absolute atomic E-state index is 0.114. The van der Waals surface area contributed by atoms with Crippen LogP contribution in [0.1, 0.15) is 37.2 Å². The number of rotatable bonds is 4. The van der Waals surface area contributed by atoms with E-state index in [2.05, 4.69) is 17.0 Å². The molecule has 0 saturated heterocycles. The lowest BCUT2D eigenvalue weighted by Crippen LogP contribution is -2.19. The van der Waals surface area contributed by atoms with Crippen LogP contribution in [0.4, 0.5) is 4.39 Å². The normalized spacial score (nSPS) is 16.7. The van der Waals surface area contributed by atoms with Gasteiger partial charge in [-0.15, -0.1) is 0 Å². The minimum atomic E-state index is -0.274. The summed E-state index contributed by atoms with van der Waals surface area (Å²) >= 11 is 0. The fourth-order valence-electron chi connectivity index (χ4n) is 3.68. The number of nitrogens with zero attached hydrogens (tertiary/aromatic N) is 3. The Labute approximate surface area is 151 Å². The largest absolute Gasteiger partial charge is 0.285 e. The molecule has 2 aliphatic rings. The van der Waals surface area contributed by atoms with Crippen molar-refractivity contribution in [1.82, 2.24) is 9.78 Å². The SMILES string of the molecule is CC1=NCC(C)=C1CCC1=CC(=O)n2ncc(-c3ccc(F)cc3)c2C1. The van der Waals surface area contributed by atoms with E-state index in [0.29, 0.717) is 6.42 Å². The van der Waals surface area contributed by atoms with Crippen molar-refractivity contribution in [2.75, 3.05) is 6.54 Å². The Kier molecular flexibility index (Phi) is 4.15. The molecule has 2 aliphatic heterocycles. The van der Waals surface area contributed by atoms with Crippen molar-refractivity contribution in [1.29, 1.82) is 0 Å². The van der Waals surface area contributed by atoms with Crippen molar-refractivity contribution in [2.24, 2.45) is 4.99 Å². The van der Waals surface area contributed by atoms with Gasteiger partial charge in [0.15, 0.2) is 0 Å². The summed E-state index contributed by atoms with van der Waals surface area (Å²) < 4.78 is 14.7. The van der Waals surface area contributed by atoms with Crippen molar-refractivity contribution in [3.8, 4) is 11.1 Å². The number of allylic oxidation sites excluding steroid dienone is 3. The van der Waals surface area contributed by atoms with Crippen molar-refractivity contribution < 1.29 is 9.18 Å². The highest BCUT2D eigenvalue weighted by molar-refractivity contribution is 6.00. The zero-order chi connectivity index (χ0) is 18.3. The first-order valence-electron chi connectivity index (χ1n) is 8.79. The molecule has 0 N–H and O–H groups in total. The topological polar surface area (TPSA) is 47.2 Å². The lowest BCUT2D eigenvalue weighted by molar-refractivity contribution is 0.0945. The molecule has 1 aromatic heterocycles. The molecule has 2 aromatic rings. The van der Waals surface area contributed by atoms with Crippen LogP contribution < -0.4 is 0 Å². The third-order valence-electron chi connectivity index (χ3n) is 5.16. The van der Waals surface area contributed by atoms with E-state index in [0.717, 1.165) is 47.5 Å². The molecule has 3 heterocycles.